The van der Waals surface area contributed by atoms with Crippen molar-refractivity contribution in [2.75, 3.05) is 20.3 Å². The molecule has 0 radical (unpaired) electrons. The molecule has 0 atom stereocenters. The van der Waals surface area contributed by atoms with Crippen LogP contribution in [0.2, 0.25) is 0 Å². The Balaban J connectivity index is 3.01. The monoisotopic (exact) mass is 238 g/mol. The molecule has 0 amide bonds. The normalized spacial score (nSPS) is 11.9. The molecule has 0 aliphatic heterocycles. The van der Waals surface area contributed by atoms with Crippen molar-refractivity contribution in [2.45, 2.75) is 20.3 Å². The smallest absolute Gasteiger partial charge is 0.122 e. The summed E-state index contributed by atoms with van der Waals surface area (Å²) in [5.74, 6) is 1.00. The van der Waals surface area contributed by atoms with E-state index >= 15 is 0 Å². The first-order valence-electron chi connectivity index (χ1n) is 5.93. The molecule has 0 aliphatic rings. The van der Waals surface area contributed by atoms with Crippen molar-refractivity contribution in [3.63, 3.8) is 0 Å². The number of rotatable bonds is 6. The molecule has 0 saturated carbocycles. The van der Waals surface area contributed by atoms with Gasteiger partial charge in [0, 0.05) is 5.41 Å². The largest absolute Gasteiger partial charge is 0.496 e. The van der Waals surface area contributed by atoms with Crippen molar-refractivity contribution in [3.8, 4) is 5.75 Å². The van der Waals surface area contributed by atoms with Gasteiger partial charge in [-0.1, -0.05) is 32.0 Å². The predicted octanol–water partition coefficient (Wildman–Crippen LogP) is 1.86. The van der Waals surface area contributed by atoms with Gasteiger partial charge >= 0.3 is 0 Å². The Hall–Kier alpha value is -1.06. The van der Waals surface area contributed by atoms with Crippen LogP contribution in [0.4, 0.5) is 0 Å². The van der Waals surface area contributed by atoms with Crippen LogP contribution >= 0.6 is 0 Å². The van der Waals surface area contributed by atoms with Crippen molar-refractivity contribution in [1.29, 1.82) is 0 Å². The highest BCUT2D eigenvalue weighted by molar-refractivity contribution is 5.34. The minimum absolute atomic E-state index is 0.0286. The highest BCUT2D eigenvalue weighted by Gasteiger charge is 2.33. The summed E-state index contributed by atoms with van der Waals surface area (Å²) in [6, 6.07) is 7.73. The molecule has 0 saturated heterocycles. The molecule has 2 N–H and O–H groups in total. The fraction of sp³-hybridized carbons (Fsp3) is 0.571. The van der Waals surface area contributed by atoms with Crippen LogP contribution in [0.15, 0.2) is 24.3 Å². The molecule has 0 unspecified atom stereocenters. The van der Waals surface area contributed by atoms with Crippen molar-refractivity contribution < 1.29 is 14.9 Å². The summed E-state index contributed by atoms with van der Waals surface area (Å²) in [5.41, 5.74) is 0.529. The summed E-state index contributed by atoms with van der Waals surface area (Å²) in [5, 5.41) is 19.1. The van der Waals surface area contributed by atoms with E-state index in [0.29, 0.717) is 6.42 Å². The molecule has 0 aliphatic carbocycles. The summed E-state index contributed by atoms with van der Waals surface area (Å²) in [7, 11) is 1.63. The van der Waals surface area contributed by atoms with E-state index in [2.05, 4.69) is 0 Å². The number of methoxy groups -OCH3 is 1. The molecule has 17 heavy (non-hydrogen) atoms. The summed E-state index contributed by atoms with van der Waals surface area (Å²) in [6.07, 6.45) is 0.613. The van der Waals surface area contributed by atoms with Crippen LogP contribution in [-0.2, 0) is 6.42 Å². The molecule has 0 fully saturated rings. The Morgan fingerprint density at radius 2 is 1.76 bits per heavy atom. The van der Waals surface area contributed by atoms with Gasteiger partial charge < -0.3 is 14.9 Å². The lowest BCUT2D eigenvalue weighted by Crippen LogP contribution is -2.37. The van der Waals surface area contributed by atoms with Crippen molar-refractivity contribution >= 4 is 0 Å². The maximum Gasteiger partial charge on any atom is 0.122 e. The molecule has 1 aromatic carbocycles. The summed E-state index contributed by atoms with van der Waals surface area (Å²) in [4.78, 5) is 0. The van der Waals surface area contributed by atoms with Crippen molar-refractivity contribution in [1.82, 2.24) is 0 Å². The highest BCUT2D eigenvalue weighted by atomic mass is 16.5. The van der Waals surface area contributed by atoms with Gasteiger partial charge in [0.2, 0.25) is 0 Å². The number of benzene rings is 1. The number of hydrogen-bond donors (Lipinski definition) is 2. The molecular weight excluding hydrogens is 216 g/mol. The van der Waals surface area contributed by atoms with E-state index in [0.717, 1.165) is 11.3 Å². The first-order chi connectivity index (χ1) is 8.09. The van der Waals surface area contributed by atoms with Gasteiger partial charge in [0.25, 0.3) is 0 Å². The number of hydrogen-bond acceptors (Lipinski definition) is 3. The minimum Gasteiger partial charge on any atom is -0.496 e. The van der Waals surface area contributed by atoms with Crippen LogP contribution in [0.3, 0.4) is 0 Å². The standard InChI is InChI=1S/C14H22O3/c1-11(2)14(9-15,10-16)8-12-6-4-5-7-13(12)17-3/h4-7,11,15-16H,8-10H2,1-3H3. The van der Waals surface area contributed by atoms with Crippen molar-refractivity contribution in [3.05, 3.63) is 29.8 Å². The van der Waals surface area contributed by atoms with E-state index in [1.165, 1.54) is 0 Å². The van der Waals surface area contributed by atoms with E-state index < -0.39 is 5.41 Å². The lowest BCUT2D eigenvalue weighted by atomic mass is 9.74. The van der Waals surface area contributed by atoms with Gasteiger partial charge in [-0.3, -0.25) is 0 Å². The van der Waals surface area contributed by atoms with Gasteiger partial charge in [0.15, 0.2) is 0 Å². The van der Waals surface area contributed by atoms with Crippen LogP contribution in [0.1, 0.15) is 19.4 Å². The van der Waals surface area contributed by atoms with Gasteiger partial charge in [-0.2, -0.15) is 0 Å². The fourth-order valence-corrected chi connectivity index (χ4v) is 1.96. The number of ether oxygens (including phenoxy) is 1. The van der Waals surface area contributed by atoms with Gasteiger partial charge in [-0.25, -0.2) is 0 Å². The molecule has 0 spiro atoms. The van der Waals surface area contributed by atoms with Crippen LogP contribution in [0.5, 0.6) is 5.75 Å². The zero-order chi connectivity index (χ0) is 12.9. The van der Waals surface area contributed by atoms with E-state index in [1.54, 1.807) is 7.11 Å². The Morgan fingerprint density at radius 3 is 2.24 bits per heavy atom. The van der Waals surface area contributed by atoms with E-state index in [1.807, 2.05) is 38.1 Å². The third kappa shape index (κ3) is 2.99. The predicted molar refractivity (Wildman–Crippen MR) is 68.1 cm³/mol. The Morgan fingerprint density at radius 1 is 1.18 bits per heavy atom. The summed E-state index contributed by atoms with van der Waals surface area (Å²) >= 11 is 0. The quantitative estimate of drug-likeness (QED) is 0.795. The SMILES string of the molecule is COc1ccccc1CC(CO)(CO)C(C)C. The first-order valence-corrected chi connectivity index (χ1v) is 5.93. The van der Waals surface area contributed by atoms with Crippen LogP contribution in [0.25, 0.3) is 0 Å². The second-order valence-electron chi connectivity index (χ2n) is 4.82. The van der Waals surface area contributed by atoms with Gasteiger partial charge in [-0.15, -0.1) is 0 Å². The van der Waals surface area contributed by atoms with Crippen LogP contribution in [-0.4, -0.2) is 30.5 Å². The minimum atomic E-state index is -0.491. The molecule has 96 valence electrons. The summed E-state index contributed by atoms with van der Waals surface area (Å²) in [6.45, 7) is 3.97. The molecule has 3 heteroatoms. The third-order valence-electron chi connectivity index (χ3n) is 3.59. The Bertz CT molecular complexity index is 343. The average molecular weight is 238 g/mol. The number of para-hydroxylation sites is 1. The third-order valence-corrected chi connectivity index (χ3v) is 3.59. The van der Waals surface area contributed by atoms with E-state index in [-0.39, 0.29) is 19.1 Å². The second-order valence-corrected chi connectivity index (χ2v) is 4.82. The Labute approximate surface area is 103 Å². The molecule has 0 aromatic heterocycles. The molecule has 1 aromatic rings. The maximum absolute atomic E-state index is 9.57. The maximum atomic E-state index is 9.57. The number of aliphatic hydroxyl groups is 2. The average Bonchev–Trinajstić information content (AvgIpc) is 2.36. The van der Waals surface area contributed by atoms with E-state index in [4.69, 9.17) is 4.74 Å². The molecule has 1 rings (SSSR count). The zero-order valence-electron chi connectivity index (χ0n) is 10.8. The highest BCUT2D eigenvalue weighted by Crippen LogP contribution is 2.33. The first kappa shape index (κ1) is 14.0. The van der Waals surface area contributed by atoms with E-state index in [9.17, 15) is 10.2 Å². The molecule has 0 bridgehead atoms. The zero-order valence-corrected chi connectivity index (χ0v) is 10.8. The fourth-order valence-electron chi connectivity index (χ4n) is 1.96. The van der Waals surface area contributed by atoms with Gasteiger partial charge in [-0.05, 0) is 24.0 Å². The lowest BCUT2D eigenvalue weighted by Gasteiger charge is -2.34. The molecular formula is C14H22O3. The van der Waals surface area contributed by atoms with Gasteiger partial charge in [0.1, 0.15) is 5.75 Å². The molecule has 3 nitrogen and oxygen atoms in total. The topological polar surface area (TPSA) is 49.7 Å². The molecule has 0 heterocycles. The summed E-state index contributed by atoms with van der Waals surface area (Å²) < 4.78 is 5.30. The van der Waals surface area contributed by atoms with Crippen LogP contribution < -0.4 is 4.74 Å². The van der Waals surface area contributed by atoms with Crippen molar-refractivity contribution in [2.24, 2.45) is 11.3 Å². The second kappa shape index (κ2) is 6.03. The lowest BCUT2D eigenvalue weighted by molar-refractivity contribution is 0.0159. The van der Waals surface area contributed by atoms with Crippen LogP contribution in [0, 0.1) is 11.3 Å². The Kier molecular flexibility index (Phi) is 4.97. The number of aliphatic hydroxyl groups excluding tert-OH is 2. The van der Waals surface area contributed by atoms with Gasteiger partial charge in [0.05, 0.1) is 20.3 Å².